The molecular weight excluding hydrogens is 172 g/mol. The topological polar surface area (TPSA) is 20.1 Å². The van der Waals surface area contributed by atoms with E-state index in [-0.39, 0.29) is 0 Å². The third-order valence-corrected chi connectivity index (χ3v) is 2.80. The Labute approximate surface area is 82.4 Å². The minimum atomic E-state index is 0.723. The van der Waals surface area contributed by atoms with E-state index >= 15 is 0 Å². The fraction of sp³-hybridized carbons (Fsp3) is 0.250. The maximum Gasteiger partial charge on any atom is 0.196 e. The number of aromatic nitrogens is 1. The number of H-pyrrole nitrogens is 1. The van der Waals surface area contributed by atoms with Crippen LogP contribution in [0.1, 0.15) is 24.5 Å². The van der Waals surface area contributed by atoms with Gasteiger partial charge in [0.05, 0.1) is 6.57 Å². The number of nitrogens with one attached hydrogen (secondary N) is 1. The summed E-state index contributed by atoms with van der Waals surface area (Å²) < 4.78 is 0. The summed E-state index contributed by atoms with van der Waals surface area (Å²) in [7, 11) is 0. The standard InChI is InChI=1S/C12H10N2/c1-13-10-3-2-4-11-9(10)7-12(14-11)8-5-6-8/h2-4,7-8,14H,5-6H2. The molecule has 0 spiro atoms. The van der Waals surface area contributed by atoms with Crippen LogP contribution in [-0.4, -0.2) is 4.98 Å². The Bertz CT molecular complexity index is 527. The Balaban J connectivity index is 2.27. The predicted molar refractivity (Wildman–Crippen MR) is 56.5 cm³/mol. The molecule has 0 aliphatic heterocycles. The monoisotopic (exact) mass is 182 g/mol. The summed E-state index contributed by atoms with van der Waals surface area (Å²) in [5.74, 6) is 0.723. The second-order valence-corrected chi connectivity index (χ2v) is 3.85. The number of nitrogens with zero attached hydrogens (tertiary/aromatic N) is 1. The van der Waals surface area contributed by atoms with E-state index in [9.17, 15) is 0 Å². The first kappa shape index (κ1) is 7.64. The molecule has 1 aromatic heterocycles. The van der Waals surface area contributed by atoms with Gasteiger partial charge in [-0.2, -0.15) is 0 Å². The zero-order valence-corrected chi connectivity index (χ0v) is 7.75. The summed E-state index contributed by atoms with van der Waals surface area (Å²) in [4.78, 5) is 6.91. The lowest BCUT2D eigenvalue weighted by Gasteiger charge is -1.90. The van der Waals surface area contributed by atoms with Crippen LogP contribution in [0.2, 0.25) is 0 Å². The molecule has 3 rings (SSSR count). The van der Waals surface area contributed by atoms with Gasteiger partial charge in [-0.05, 0) is 30.9 Å². The summed E-state index contributed by atoms with van der Waals surface area (Å²) in [6.45, 7) is 7.07. The third kappa shape index (κ3) is 1.03. The highest BCUT2D eigenvalue weighted by Gasteiger charge is 2.25. The second-order valence-electron chi connectivity index (χ2n) is 3.85. The Morgan fingerprint density at radius 2 is 2.21 bits per heavy atom. The highest BCUT2D eigenvalue weighted by molar-refractivity contribution is 5.93. The zero-order valence-electron chi connectivity index (χ0n) is 7.75. The average Bonchev–Trinajstić information content (AvgIpc) is 2.97. The second kappa shape index (κ2) is 2.62. The molecule has 0 saturated heterocycles. The average molecular weight is 182 g/mol. The summed E-state index contributed by atoms with van der Waals surface area (Å²) in [5.41, 5.74) is 3.15. The van der Waals surface area contributed by atoms with Gasteiger partial charge in [0.1, 0.15) is 0 Å². The van der Waals surface area contributed by atoms with Crippen LogP contribution in [0.3, 0.4) is 0 Å². The van der Waals surface area contributed by atoms with Crippen LogP contribution in [-0.2, 0) is 0 Å². The van der Waals surface area contributed by atoms with Gasteiger partial charge in [0.2, 0.25) is 0 Å². The molecule has 2 nitrogen and oxygen atoms in total. The third-order valence-electron chi connectivity index (χ3n) is 2.80. The van der Waals surface area contributed by atoms with Crippen LogP contribution in [0.25, 0.3) is 15.7 Å². The van der Waals surface area contributed by atoms with Crippen LogP contribution in [0.5, 0.6) is 0 Å². The van der Waals surface area contributed by atoms with Crippen molar-refractivity contribution in [2.45, 2.75) is 18.8 Å². The molecule has 0 radical (unpaired) electrons. The molecule has 1 N–H and O–H groups in total. The number of hydrogen-bond acceptors (Lipinski definition) is 0. The first-order valence-corrected chi connectivity index (χ1v) is 4.87. The van der Waals surface area contributed by atoms with E-state index in [4.69, 9.17) is 6.57 Å². The highest BCUT2D eigenvalue weighted by Crippen LogP contribution is 2.41. The summed E-state index contributed by atoms with van der Waals surface area (Å²) in [5, 5.41) is 1.07. The molecule has 0 unspecified atom stereocenters. The minimum Gasteiger partial charge on any atom is -0.359 e. The molecule has 0 bridgehead atoms. The van der Waals surface area contributed by atoms with Crippen LogP contribution in [0, 0.1) is 6.57 Å². The molecule has 0 atom stereocenters. The summed E-state index contributed by atoms with van der Waals surface area (Å²) >= 11 is 0. The van der Waals surface area contributed by atoms with Crippen LogP contribution in [0.15, 0.2) is 24.3 Å². The summed E-state index contributed by atoms with van der Waals surface area (Å²) in [6.07, 6.45) is 2.58. The Morgan fingerprint density at radius 1 is 1.36 bits per heavy atom. The molecule has 1 fully saturated rings. The zero-order chi connectivity index (χ0) is 9.54. The van der Waals surface area contributed by atoms with Gasteiger partial charge in [0.15, 0.2) is 5.69 Å². The molecule has 2 aromatic rings. The van der Waals surface area contributed by atoms with Gasteiger partial charge >= 0.3 is 0 Å². The predicted octanol–water partition coefficient (Wildman–Crippen LogP) is 3.60. The lowest BCUT2D eigenvalue weighted by molar-refractivity contribution is 1.06. The van der Waals surface area contributed by atoms with Crippen molar-refractivity contribution < 1.29 is 0 Å². The highest BCUT2D eigenvalue weighted by atomic mass is 14.8. The van der Waals surface area contributed by atoms with Crippen LogP contribution >= 0.6 is 0 Å². The van der Waals surface area contributed by atoms with Gasteiger partial charge in [-0.1, -0.05) is 12.1 Å². The molecule has 0 amide bonds. The molecule has 2 heteroatoms. The van der Waals surface area contributed by atoms with Crippen LogP contribution in [0.4, 0.5) is 5.69 Å². The smallest absolute Gasteiger partial charge is 0.196 e. The van der Waals surface area contributed by atoms with E-state index < -0.39 is 0 Å². The van der Waals surface area contributed by atoms with Gasteiger partial charge in [-0.3, -0.25) is 0 Å². The van der Waals surface area contributed by atoms with Crippen molar-refractivity contribution in [3.05, 3.63) is 41.4 Å². The van der Waals surface area contributed by atoms with Crippen molar-refractivity contribution in [3.63, 3.8) is 0 Å². The van der Waals surface area contributed by atoms with Crippen molar-refractivity contribution in [2.24, 2.45) is 0 Å². The molecule has 1 aliphatic carbocycles. The number of aromatic amines is 1. The lowest BCUT2D eigenvalue weighted by Crippen LogP contribution is -1.74. The number of hydrogen-bond donors (Lipinski definition) is 1. The number of rotatable bonds is 1. The van der Waals surface area contributed by atoms with Crippen molar-refractivity contribution in [3.8, 4) is 0 Å². The largest absolute Gasteiger partial charge is 0.359 e. The Hall–Kier alpha value is -1.75. The van der Waals surface area contributed by atoms with Crippen molar-refractivity contribution in [2.75, 3.05) is 0 Å². The lowest BCUT2D eigenvalue weighted by atomic mass is 10.2. The quantitative estimate of drug-likeness (QED) is 0.650. The first-order chi connectivity index (χ1) is 6.88. The van der Waals surface area contributed by atoms with E-state index in [1.165, 1.54) is 18.5 Å². The summed E-state index contributed by atoms with van der Waals surface area (Å²) in [6, 6.07) is 7.99. The number of fused-ring (bicyclic) bond motifs is 1. The molecule has 14 heavy (non-hydrogen) atoms. The van der Waals surface area contributed by atoms with Gasteiger partial charge < -0.3 is 4.98 Å². The molecule has 68 valence electrons. The molecule has 1 aromatic carbocycles. The van der Waals surface area contributed by atoms with Crippen molar-refractivity contribution >= 4 is 16.6 Å². The van der Waals surface area contributed by atoms with E-state index in [1.54, 1.807) is 0 Å². The van der Waals surface area contributed by atoms with Crippen molar-refractivity contribution in [1.82, 2.24) is 4.98 Å². The van der Waals surface area contributed by atoms with Crippen molar-refractivity contribution in [1.29, 1.82) is 0 Å². The molecule has 1 saturated carbocycles. The van der Waals surface area contributed by atoms with Gasteiger partial charge in [0, 0.05) is 16.6 Å². The minimum absolute atomic E-state index is 0.723. The molecule has 1 heterocycles. The first-order valence-electron chi connectivity index (χ1n) is 4.87. The maximum atomic E-state index is 7.07. The van der Waals surface area contributed by atoms with E-state index in [2.05, 4.69) is 15.9 Å². The van der Waals surface area contributed by atoms with E-state index in [0.29, 0.717) is 0 Å². The van der Waals surface area contributed by atoms with Gasteiger partial charge in [-0.15, -0.1) is 0 Å². The van der Waals surface area contributed by atoms with E-state index in [1.807, 2.05) is 18.2 Å². The van der Waals surface area contributed by atoms with E-state index in [0.717, 1.165) is 22.5 Å². The SMILES string of the molecule is [C-]#[N+]c1cccc2[nH]c(C3CC3)cc12. The Morgan fingerprint density at radius 3 is 2.93 bits per heavy atom. The maximum absolute atomic E-state index is 7.07. The van der Waals surface area contributed by atoms with Gasteiger partial charge in [0.25, 0.3) is 0 Å². The molecular formula is C12H10N2. The number of benzene rings is 1. The van der Waals surface area contributed by atoms with Gasteiger partial charge in [-0.25, -0.2) is 4.85 Å². The fourth-order valence-electron chi connectivity index (χ4n) is 1.87. The normalized spacial score (nSPS) is 15.6. The fourth-order valence-corrected chi connectivity index (χ4v) is 1.87. The Kier molecular flexibility index (Phi) is 1.43. The van der Waals surface area contributed by atoms with Crippen LogP contribution < -0.4 is 0 Å². The molecule has 1 aliphatic rings.